The average Bonchev–Trinajstić information content (AvgIpc) is 3.00. The number of aromatic nitrogens is 2. The van der Waals surface area contributed by atoms with Crippen LogP contribution in [0.5, 0.6) is 0 Å². The molecule has 3 aromatic rings. The highest BCUT2D eigenvalue weighted by Gasteiger charge is 2.30. The molecule has 7 heteroatoms. The molecule has 1 aromatic heterocycles. The van der Waals surface area contributed by atoms with Crippen molar-refractivity contribution in [2.45, 2.75) is 26.9 Å². The maximum absolute atomic E-state index is 12.9. The molecule has 0 spiro atoms. The Morgan fingerprint density at radius 3 is 2.48 bits per heavy atom. The first-order valence-corrected chi connectivity index (χ1v) is 8.28. The normalized spacial score (nSPS) is 11.5. The molecule has 0 bridgehead atoms. The monoisotopic (exact) mass is 373 g/mol. The van der Waals surface area contributed by atoms with E-state index in [-0.39, 0.29) is 11.6 Å². The molecule has 0 aliphatic rings. The Balaban J connectivity index is 1.92. The molecule has 4 nitrogen and oxygen atoms in total. The lowest BCUT2D eigenvalue weighted by Crippen LogP contribution is -2.14. The molecule has 1 heterocycles. The Morgan fingerprint density at radius 1 is 1.07 bits per heavy atom. The molecule has 2 aromatic carbocycles. The zero-order chi connectivity index (χ0) is 19.8. The van der Waals surface area contributed by atoms with Crippen LogP contribution in [-0.2, 0) is 6.18 Å². The third-order valence-corrected chi connectivity index (χ3v) is 4.53. The van der Waals surface area contributed by atoms with Gasteiger partial charge in [0, 0.05) is 5.69 Å². The molecule has 27 heavy (non-hydrogen) atoms. The highest BCUT2D eigenvalue weighted by Crippen LogP contribution is 2.30. The summed E-state index contributed by atoms with van der Waals surface area (Å²) in [5.41, 5.74) is 2.92. The van der Waals surface area contributed by atoms with Crippen LogP contribution in [0.2, 0.25) is 0 Å². The molecule has 0 aliphatic carbocycles. The Hall–Kier alpha value is -3.09. The van der Waals surface area contributed by atoms with Crippen molar-refractivity contribution in [1.29, 1.82) is 0 Å². The lowest BCUT2D eigenvalue weighted by molar-refractivity contribution is -0.137. The molecule has 1 N–H and O–H groups in total. The Bertz CT molecular complexity index is 1010. The predicted octanol–water partition coefficient (Wildman–Crippen LogP) is 5.07. The maximum Gasteiger partial charge on any atom is 0.416 e. The number of hydrogen-bond acceptors (Lipinski definition) is 2. The van der Waals surface area contributed by atoms with E-state index >= 15 is 0 Å². The van der Waals surface area contributed by atoms with Gasteiger partial charge in [0.1, 0.15) is 0 Å². The van der Waals surface area contributed by atoms with Gasteiger partial charge in [0.25, 0.3) is 5.91 Å². The van der Waals surface area contributed by atoms with E-state index in [1.54, 1.807) is 13.0 Å². The van der Waals surface area contributed by atoms with Gasteiger partial charge in [-0.2, -0.15) is 18.3 Å². The highest BCUT2D eigenvalue weighted by atomic mass is 19.4. The van der Waals surface area contributed by atoms with E-state index in [2.05, 4.69) is 10.4 Å². The first-order chi connectivity index (χ1) is 12.7. The molecular weight excluding hydrogens is 355 g/mol. The van der Waals surface area contributed by atoms with Crippen molar-refractivity contribution in [1.82, 2.24) is 9.78 Å². The van der Waals surface area contributed by atoms with Crippen LogP contribution < -0.4 is 5.32 Å². The summed E-state index contributed by atoms with van der Waals surface area (Å²) in [6.45, 7) is 5.50. The minimum Gasteiger partial charge on any atom is -0.322 e. The smallest absolute Gasteiger partial charge is 0.322 e. The van der Waals surface area contributed by atoms with E-state index in [1.165, 1.54) is 23.0 Å². The fourth-order valence-electron chi connectivity index (χ4n) is 2.78. The van der Waals surface area contributed by atoms with E-state index in [0.29, 0.717) is 16.9 Å². The van der Waals surface area contributed by atoms with Crippen molar-refractivity contribution in [2.24, 2.45) is 0 Å². The minimum atomic E-state index is -4.44. The molecule has 1 amide bonds. The zero-order valence-electron chi connectivity index (χ0n) is 15.1. The second-order valence-corrected chi connectivity index (χ2v) is 6.31. The summed E-state index contributed by atoms with van der Waals surface area (Å²) in [6, 6.07) is 10.4. The van der Waals surface area contributed by atoms with E-state index in [9.17, 15) is 18.0 Å². The summed E-state index contributed by atoms with van der Waals surface area (Å²) in [5, 5.41) is 6.94. The fourth-order valence-corrected chi connectivity index (χ4v) is 2.78. The van der Waals surface area contributed by atoms with Crippen LogP contribution in [-0.4, -0.2) is 15.7 Å². The summed E-state index contributed by atoms with van der Waals surface area (Å²) in [5.74, 6) is -0.362. The molecule has 0 aliphatic heterocycles. The van der Waals surface area contributed by atoms with Crippen LogP contribution in [0, 0.1) is 20.8 Å². The van der Waals surface area contributed by atoms with Crippen LogP contribution >= 0.6 is 0 Å². The number of carbonyl (C=O) groups is 1. The average molecular weight is 373 g/mol. The van der Waals surface area contributed by atoms with Crippen molar-refractivity contribution >= 4 is 11.6 Å². The molecule has 0 saturated carbocycles. The molecule has 0 fully saturated rings. The fraction of sp³-hybridized carbons (Fsp3) is 0.200. The van der Waals surface area contributed by atoms with Gasteiger partial charge in [-0.1, -0.05) is 18.2 Å². The van der Waals surface area contributed by atoms with E-state index in [1.807, 2.05) is 26.0 Å². The molecule has 0 unspecified atom stereocenters. The van der Waals surface area contributed by atoms with Crippen molar-refractivity contribution < 1.29 is 18.0 Å². The van der Waals surface area contributed by atoms with Crippen molar-refractivity contribution in [2.75, 3.05) is 5.32 Å². The topological polar surface area (TPSA) is 46.9 Å². The van der Waals surface area contributed by atoms with Gasteiger partial charge in [-0.3, -0.25) is 4.79 Å². The first kappa shape index (κ1) is 18.7. The number of nitrogens with zero attached hydrogens (tertiary/aromatic N) is 2. The number of anilines is 1. The van der Waals surface area contributed by atoms with Gasteiger partial charge in [0.05, 0.1) is 28.7 Å². The number of rotatable bonds is 3. The predicted molar refractivity (Wildman–Crippen MR) is 97.2 cm³/mol. The quantitative estimate of drug-likeness (QED) is 0.697. The van der Waals surface area contributed by atoms with E-state index in [4.69, 9.17) is 0 Å². The largest absolute Gasteiger partial charge is 0.416 e. The minimum absolute atomic E-state index is 0.244. The summed E-state index contributed by atoms with van der Waals surface area (Å²) >= 11 is 0. The molecule has 0 atom stereocenters. The summed E-state index contributed by atoms with van der Waals surface area (Å²) < 4.78 is 40.1. The highest BCUT2D eigenvalue weighted by molar-refractivity contribution is 6.05. The van der Waals surface area contributed by atoms with Gasteiger partial charge >= 0.3 is 6.18 Å². The molecule has 3 rings (SSSR count). The zero-order valence-corrected chi connectivity index (χ0v) is 15.1. The van der Waals surface area contributed by atoms with Crippen LogP contribution in [0.1, 0.15) is 32.7 Å². The van der Waals surface area contributed by atoms with Crippen molar-refractivity contribution in [3.05, 3.63) is 76.6 Å². The molecule has 0 radical (unpaired) electrons. The van der Waals surface area contributed by atoms with Gasteiger partial charge in [-0.15, -0.1) is 0 Å². The van der Waals surface area contributed by atoms with Crippen molar-refractivity contribution in [3.63, 3.8) is 0 Å². The number of carbonyl (C=O) groups excluding carboxylic acids is 1. The Labute approximate surface area is 154 Å². The lowest BCUT2D eigenvalue weighted by atomic mass is 10.1. The Kier molecular flexibility index (Phi) is 4.78. The summed E-state index contributed by atoms with van der Waals surface area (Å²) in [4.78, 5) is 12.6. The van der Waals surface area contributed by atoms with Gasteiger partial charge in [-0.25, -0.2) is 4.68 Å². The van der Waals surface area contributed by atoms with Crippen LogP contribution in [0.4, 0.5) is 18.9 Å². The standard InChI is InChI=1S/C20H18F3N3O/c1-12-6-4-9-18(13(12)2)25-19(27)17-11-24-26(14(17)3)16-8-5-7-15(10-16)20(21,22)23/h4-11H,1-3H3,(H,25,27). The number of amides is 1. The summed E-state index contributed by atoms with van der Waals surface area (Å²) in [6.07, 6.45) is -3.09. The van der Waals surface area contributed by atoms with Crippen LogP contribution in [0.25, 0.3) is 5.69 Å². The van der Waals surface area contributed by atoms with Gasteiger partial charge in [0.15, 0.2) is 0 Å². The number of aryl methyl sites for hydroxylation is 1. The third kappa shape index (κ3) is 3.72. The maximum atomic E-state index is 12.9. The summed E-state index contributed by atoms with van der Waals surface area (Å²) in [7, 11) is 0. The van der Waals surface area contributed by atoms with E-state index in [0.717, 1.165) is 23.3 Å². The first-order valence-electron chi connectivity index (χ1n) is 8.28. The molecular formula is C20H18F3N3O. The van der Waals surface area contributed by atoms with Gasteiger partial charge < -0.3 is 5.32 Å². The number of nitrogens with one attached hydrogen (secondary N) is 1. The second kappa shape index (κ2) is 6.90. The number of alkyl halides is 3. The van der Waals surface area contributed by atoms with Crippen LogP contribution in [0.15, 0.2) is 48.7 Å². The van der Waals surface area contributed by atoms with Gasteiger partial charge in [-0.05, 0) is 56.2 Å². The third-order valence-electron chi connectivity index (χ3n) is 4.53. The second-order valence-electron chi connectivity index (χ2n) is 6.31. The Morgan fingerprint density at radius 2 is 1.78 bits per heavy atom. The van der Waals surface area contributed by atoms with Crippen molar-refractivity contribution in [3.8, 4) is 5.69 Å². The molecule has 0 saturated heterocycles. The van der Waals surface area contributed by atoms with Crippen LogP contribution in [0.3, 0.4) is 0 Å². The van der Waals surface area contributed by atoms with Gasteiger partial charge in [0.2, 0.25) is 0 Å². The SMILES string of the molecule is Cc1cccc(NC(=O)c2cnn(-c3cccc(C(F)(F)F)c3)c2C)c1C. The molecule has 140 valence electrons. The number of benzene rings is 2. The number of hydrogen-bond donors (Lipinski definition) is 1. The lowest BCUT2D eigenvalue weighted by Gasteiger charge is -2.11. The van der Waals surface area contributed by atoms with E-state index < -0.39 is 11.7 Å². The number of halogens is 3.